The van der Waals surface area contributed by atoms with E-state index in [1.165, 1.54) is 17.7 Å². The minimum absolute atomic E-state index is 0.240. The molecule has 34 heavy (non-hydrogen) atoms. The second-order valence-corrected chi connectivity index (χ2v) is 7.85. The fourth-order valence-corrected chi connectivity index (χ4v) is 3.85. The molecule has 0 radical (unpaired) electrons. The first-order valence-corrected chi connectivity index (χ1v) is 10.8. The van der Waals surface area contributed by atoms with E-state index in [-0.39, 0.29) is 6.04 Å². The molecule has 0 saturated carbocycles. The van der Waals surface area contributed by atoms with Crippen molar-refractivity contribution in [1.29, 1.82) is 0 Å². The Bertz CT molecular complexity index is 1400. The number of carbonyl (C=O) groups is 1. The van der Waals surface area contributed by atoms with E-state index in [0.717, 1.165) is 28.0 Å². The Balaban J connectivity index is 1.47. The maximum Gasteiger partial charge on any atom is 0.267 e. The number of nitrogens with zero attached hydrogens (tertiary/aromatic N) is 4. The molecule has 1 amide bonds. The van der Waals surface area contributed by atoms with Crippen LogP contribution in [0.25, 0.3) is 28.2 Å². The van der Waals surface area contributed by atoms with Crippen molar-refractivity contribution in [2.24, 2.45) is 0 Å². The van der Waals surface area contributed by atoms with Crippen molar-refractivity contribution < 1.29 is 10.0 Å². The van der Waals surface area contributed by atoms with Gasteiger partial charge in [-0.05, 0) is 34.9 Å². The second-order valence-electron chi connectivity index (χ2n) is 7.85. The number of amides is 1. The van der Waals surface area contributed by atoms with Crippen LogP contribution in [0.5, 0.6) is 0 Å². The highest BCUT2D eigenvalue weighted by atomic mass is 16.5. The molecule has 0 saturated heterocycles. The van der Waals surface area contributed by atoms with Gasteiger partial charge in [0.2, 0.25) is 0 Å². The summed E-state index contributed by atoms with van der Waals surface area (Å²) in [6, 6.07) is 26.3. The van der Waals surface area contributed by atoms with Crippen LogP contribution in [-0.4, -0.2) is 36.1 Å². The molecule has 0 aliphatic rings. The van der Waals surface area contributed by atoms with Crippen molar-refractivity contribution in [2.45, 2.75) is 12.5 Å². The number of hydrogen-bond acceptors (Lipinski definition) is 5. The fraction of sp³-hybridized carbons (Fsp3) is 0.0769. The summed E-state index contributed by atoms with van der Waals surface area (Å²) in [5, 5.41) is 17.1. The van der Waals surface area contributed by atoms with Gasteiger partial charge in [-0.25, -0.2) is 15.1 Å². The number of carbonyl (C=O) groups excluding carboxylic acids is 1. The largest absolute Gasteiger partial charge is 0.340 e. The first-order chi connectivity index (χ1) is 16.7. The molecule has 2 aromatic heterocycles. The van der Waals surface area contributed by atoms with Crippen LogP contribution < -0.4 is 5.48 Å². The molecule has 2 heterocycles. The Labute approximate surface area is 195 Å². The SMILES string of the molecule is O=C(/C=C/c1cn(C(Cc2ccc(-c3ccccc3)cc2)c2nc3ccccc3[nH]2)nn1)NO. The molecule has 3 aromatic carbocycles. The van der Waals surface area contributed by atoms with Gasteiger partial charge in [0.1, 0.15) is 17.6 Å². The first-order valence-electron chi connectivity index (χ1n) is 10.8. The van der Waals surface area contributed by atoms with Gasteiger partial charge in [-0.2, -0.15) is 0 Å². The summed E-state index contributed by atoms with van der Waals surface area (Å²) in [5.74, 6) is 0.128. The maximum absolute atomic E-state index is 11.3. The molecule has 0 spiro atoms. The van der Waals surface area contributed by atoms with Gasteiger partial charge in [-0.15, -0.1) is 5.10 Å². The number of hydrogen-bond donors (Lipinski definition) is 3. The summed E-state index contributed by atoms with van der Waals surface area (Å²) in [6.45, 7) is 0. The molecule has 0 fully saturated rings. The second kappa shape index (κ2) is 9.51. The van der Waals surface area contributed by atoms with Crippen molar-refractivity contribution in [3.05, 3.63) is 108 Å². The molecule has 8 nitrogen and oxygen atoms in total. The zero-order valence-electron chi connectivity index (χ0n) is 18.2. The topological polar surface area (TPSA) is 109 Å². The summed E-state index contributed by atoms with van der Waals surface area (Å²) >= 11 is 0. The quantitative estimate of drug-likeness (QED) is 0.196. The first kappa shape index (κ1) is 21.3. The number of nitrogens with one attached hydrogen (secondary N) is 2. The summed E-state index contributed by atoms with van der Waals surface area (Å²) in [7, 11) is 0. The molecule has 0 bridgehead atoms. The van der Waals surface area contributed by atoms with Crippen molar-refractivity contribution in [3.63, 3.8) is 0 Å². The van der Waals surface area contributed by atoms with E-state index >= 15 is 0 Å². The van der Waals surface area contributed by atoms with Crippen LogP contribution in [0, 0.1) is 0 Å². The smallest absolute Gasteiger partial charge is 0.267 e. The number of fused-ring (bicyclic) bond motifs is 1. The van der Waals surface area contributed by atoms with Crippen molar-refractivity contribution >= 4 is 23.0 Å². The summed E-state index contributed by atoms with van der Waals surface area (Å²) in [6.07, 6.45) is 5.06. The van der Waals surface area contributed by atoms with Gasteiger partial charge in [-0.1, -0.05) is 71.9 Å². The van der Waals surface area contributed by atoms with E-state index in [1.807, 2.05) is 42.5 Å². The van der Waals surface area contributed by atoms with Crippen LogP contribution in [0.15, 0.2) is 91.1 Å². The van der Waals surface area contributed by atoms with Crippen LogP contribution in [0.3, 0.4) is 0 Å². The molecule has 0 aliphatic heterocycles. The normalized spacial score (nSPS) is 12.3. The van der Waals surface area contributed by atoms with E-state index in [1.54, 1.807) is 16.4 Å². The lowest BCUT2D eigenvalue weighted by atomic mass is 10.0. The minimum Gasteiger partial charge on any atom is -0.340 e. The van der Waals surface area contributed by atoms with Gasteiger partial charge in [0.25, 0.3) is 5.91 Å². The molecule has 5 rings (SSSR count). The Hall–Kier alpha value is -4.56. The molecule has 8 heteroatoms. The summed E-state index contributed by atoms with van der Waals surface area (Å²) in [5.41, 5.74) is 7.32. The van der Waals surface area contributed by atoms with Gasteiger partial charge < -0.3 is 4.98 Å². The van der Waals surface area contributed by atoms with Crippen LogP contribution in [0.4, 0.5) is 0 Å². The molecule has 3 N–H and O–H groups in total. The summed E-state index contributed by atoms with van der Waals surface area (Å²) < 4.78 is 1.74. The van der Waals surface area contributed by atoms with Gasteiger partial charge in [0, 0.05) is 12.5 Å². The monoisotopic (exact) mass is 450 g/mol. The van der Waals surface area contributed by atoms with Gasteiger partial charge in [0.15, 0.2) is 0 Å². The van der Waals surface area contributed by atoms with Gasteiger partial charge in [0.05, 0.1) is 17.2 Å². The third-order valence-electron chi connectivity index (χ3n) is 5.58. The average molecular weight is 451 g/mol. The average Bonchev–Trinajstić information content (AvgIpc) is 3.54. The van der Waals surface area contributed by atoms with E-state index in [4.69, 9.17) is 10.2 Å². The number of imidazole rings is 1. The highest BCUT2D eigenvalue weighted by Gasteiger charge is 2.20. The Kier molecular flexibility index (Phi) is 5.96. The van der Waals surface area contributed by atoms with E-state index in [9.17, 15) is 4.79 Å². The van der Waals surface area contributed by atoms with Crippen LogP contribution in [-0.2, 0) is 11.2 Å². The minimum atomic E-state index is -0.637. The number of benzene rings is 3. The molecule has 0 aliphatic carbocycles. The number of rotatable bonds is 7. The lowest BCUT2D eigenvalue weighted by molar-refractivity contribution is -0.124. The Morgan fingerprint density at radius 2 is 1.74 bits per heavy atom. The third kappa shape index (κ3) is 4.62. The number of hydroxylamine groups is 1. The van der Waals surface area contributed by atoms with Crippen LogP contribution in [0.1, 0.15) is 23.1 Å². The van der Waals surface area contributed by atoms with Crippen molar-refractivity contribution in [1.82, 2.24) is 30.4 Å². The number of aromatic nitrogens is 5. The third-order valence-corrected chi connectivity index (χ3v) is 5.58. The van der Waals surface area contributed by atoms with E-state index < -0.39 is 5.91 Å². The highest BCUT2D eigenvalue weighted by molar-refractivity contribution is 5.90. The number of H-pyrrole nitrogens is 1. The number of para-hydroxylation sites is 2. The molecule has 1 atom stereocenters. The highest BCUT2D eigenvalue weighted by Crippen LogP contribution is 2.25. The molecule has 1 unspecified atom stereocenters. The van der Waals surface area contributed by atoms with Gasteiger partial charge in [-0.3, -0.25) is 10.0 Å². The molecular formula is C26H22N6O2. The van der Waals surface area contributed by atoms with Crippen molar-refractivity contribution in [3.8, 4) is 11.1 Å². The van der Waals surface area contributed by atoms with E-state index in [0.29, 0.717) is 12.1 Å². The van der Waals surface area contributed by atoms with E-state index in [2.05, 4.69) is 51.7 Å². The molecule has 168 valence electrons. The Morgan fingerprint density at radius 1 is 1.00 bits per heavy atom. The lowest BCUT2D eigenvalue weighted by Crippen LogP contribution is -2.16. The van der Waals surface area contributed by atoms with Crippen LogP contribution in [0.2, 0.25) is 0 Å². The van der Waals surface area contributed by atoms with Crippen LogP contribution >= 0.6 is 0 Å². The standard InChI is InChI=1S/C26H22N6O2/c33-25(30-34)15-14-21-17-32(31-29-21)24(26-27-22-8-4-5-9-23(22)28-26)16-18-10-12-20(13-11-18)19-6-2-1-3-7-19/h1-15,17,24,34H,16H2,(H,27,28)(H,30,33)/b15-14+. The maximum atomic E-state index is 11.3. The summed E-state index contributed by atoms with van der Waals surface area (Å²) in [4.78, 5) is 19.5. The van der Waals surface area contributed by atoms with Gasteiger partial charge >= 0.3 is 0 Å². The zero-order chi connectivity index (χ0) is 23.3. The predicted molar refractivity (Wildman–Crippen MR) is 129 cm³/mol. The predicted octanol–water partition coefficient (Wildman–Crippen LogP) is 4.17. The van der Waals surface area contributed by atoms with Crippen molar-refractivity contribution in [2.75, 3.05) is 0 Å². The zero-order valence-corrected chi connectivity index (χ0v) is 18.2. The Morgan fingerprint density at radius 3 is 2.50 bits per heavy atom. The molecule has 5 aromatic rings. The lowest BCUT2D eigenvalue weighted by Gasteiger charge is -2.15. The fourth-order valence-electron chi connectivity index (χ4n) is 3.85. The number of aromatic amines is 1. The molecular weight excluding hydrogens is 428 g/mol.